The Labute approximate surface area is 126 Å². The van der Waals surface area contributed by atoms with Gasteiger partial charge in [-0.1, -0.05) is 48.4 Å². The second kappa shape index (κ2) is 6.91. The van der Waals surface area contributed by atoms with Crippen molar-refractivity contribution in [1.82, 2.24) is 15.1 Å². The van der Waals surface area contributed by atoms with E-state index in [9.17, 15) is 0 Å². The number of aryl methyl sites for hydroxylation is 2. The first-order chi connectivity index (χ1) is 9.65. The maximum absolute atomic E-state index is 6.33. The number of hydrogen-bond donors (Lipinski definition) is 1. The van der Waals surface area contributed by atoms with Crippen molar-refractivity contribution in [3.05, 3.63) is 52.3 Å². The minimum absolute atomic E-state index is 0.179. The highest BCUT2D eigenvalue weighted by atomic mass is 35.5. The lowest BCUT2D eigenvalue weighted by Crippen LogP contribution is -2.23. The topological polar surface area (TPSA) is 29.9 Å². The summed E-state index contributed by atoms with van der Waals surface area (Å²) in [6, 6.07) is 8.78. The molecule has 4 heteroatoms. The van der Waals surface area contributed by atoms with Gasteiger partial charge in [0.25, 0.3) is 0 Å². The number of halogens is 1. The van der Waals surface area contributed by atoms with Gasteiger partial charge < -0.3 is 5.32 Å². The zero-order valence-electron chi connectivity index (χ0n) is 12.4. The van der Waals surface area contributed by atoms with Gasteiger partial charge >= 0.3 is 0 Å². The predicted molar refractivity (Wildman–Crippen MR) is 84.2 cm³/mol. The molecule has 1 aromatic heterocycles. The van der Waals surface area contributed by atoms with Gasteiger partial charge in [0.15, 0.2) is 0 Å². The molecule has 2 aromatic rings. The van der Waals surface area contributed by atoms with Crippen LogP contribution in [0.3, 0.4) is 0 Å². The summed E-state index contributed by atoms with van der Waals surface area (Å²) in [6.07, 6.45) is 3.70. The third kappa shape index (κ3) is 3.41. The SMILES string of the molecule is CCCn1ncc(Cl)c1C(Cc1cccc(C)c1)NC. The summed E-state index contributed by atoms with van der Waals surface area (Å²) in [5, 5.41) is 8.49. The molecular weight excluding hydrogens is 270 g/mol. The second-order valence-corrected chi connectivity index (χ2v) is 5.54. The van der Waals surface area contributed by atoms with Crippen LogP contribution in [0.5, 0.6) is 0 Å². The molecule has 1 unspecified atom stereocenters. The fourth-order valence-corrected chi connectivity index (χ4v) is 2.79. The van der Waals surface area contributed by atoms with E-state index in [1.165, 1.54) is 11.1 Å². The Hall–Kier alpha value is -1.32. The van der Waals surface area contributed by atoms with Crippen molar-refractivity contribution >= 4 is 11.6 Å². The van der Waals surface area contributed by atoms with E-state index in [0.29, 0.717) is 0 Å². The van der Waals surface area contributed by atoms with Crippen molar-refractivity contribution in [2.75, 3.05) is 7.05 Å². The molecule has 0 spiro atoms. The summed E-state index contributed by atoms with van der Waals surface area (Å²) >= 11 is 6.33. The Morgan fingerprint density at radius 2 is 2.20 bits per heavy atom. The summed E-state index contributed by atoms with van der Waals surface area (Å²) in [4.78, 5) is 0. The minimum Gasteiger partial charge on any atom is -0.311 e. The molecule has 20 heavy (non-hydrogen) atoms. The van der Waals surface area contributed by atoms with Crippen molar-refractivity contribution in [3.8, 4) is 0 Å². The average Bonchev–Trinajstić information content (AvgIpc) is 2.78. The van der Waals surface area contributed by atoms with E-state index in [0.717, 1.165) is 30.1 Å². The second-order valence-electron chi connectivity index (χ2n) is 5.14. The predicted octanol–water partition coefficient (Wildman–Crippen LogP) is 3.76. The molecule has 0 bridgehead atoms. The highest BCUT2D eigenvalue weighted by Gasteiger charge is 2.19. The van der Waals surface area contributed by atoms with Crippen LogP contribution < -0.4 is 5.32 Å². The van der Waals surface area contributed by atoms with Crippen LogP contribution in [-0.2, 0) is 13.0 Å². The smallest absolute Gasteiger partial charge is 0.0834 e. The lowest BCUT2D eigenvalue weighted by molar-refractivity contribution is 0.497. The van der Waals surface area contributed by atoms with Gasteiger partial charge in [-0.25, -0.2) is 0 Å². The van der Waals surface area contributed by atoms with E-state index in [1.54, 1.807) is 6.20 Å². The number of nitrogens with one attached hydrogen (secondary N) is 1. The van der Waals surface area contributed by atoms with Gasteiger partial charge in [0.1, 0.15) is 0 Å². The monoisotopic (exact) mass is 291 g/mol. The normalized spacial score (nSPS) is 12.6. The number of aromatic nitrogens is 2. The lowest BCUT2D eigenvalue weighted by Gasteiger charge is -2.19. The highest BCUT2D eigenvalue weighted by molar-refractivity contribution is 6.31. The first kappa shape index (κ1) is 15.1. The largest absolute Gasteiger partial charge is 0.311 e. The zero-order valence-corrected chi connectivity index (χ0v) is 13.1. The molecule has 1 N–H and O–H groups in total. The van der Waals surface area contributed by atoms with E-state index in [4.69, 9.17) is 11.6 Å². The Kier molecular flexibility index (Phi) is 5.21. The Morgan fingerprint density at radius 3 is 2.85 bits per heavy atom. The van der Waals surface area contributed by atoms with Crippen molar-refractivity contribution in [3.63, 3.8) is 0 Å². The maximum Gasteiger partial charge on any atom is 0.0834 e. The van der Waals surface area contributed by atoms with Gasteiger partial charge in [0, 0.05) is 6.54 Å². The standard InChI is InChI=1S/C16H22ClN3/c1-4-8-20-16(14(17)11-19-20)15(18-3)10-13-7-5-6-12(2)9-13/h5-7,9,11,15,18H,4,8,10H2,1-3H3. The molecule has 0 aliphatic rings. The maximum atomic E-state index is 6.33. The average molecular weight is 292 g/mol. The van der Waals surface area contributed by atoms with Crippen LogP contribution in [0.25, 0.3) is 0 Å². The molecule has 2 rings (SSSR count). The van der Waals surface area contributed by atoms with Crippen molar-refractivity contribution in [2.45, 2.75) is 39.3 Å². The Balaban J connectivity index is 2.26. The molecule has 3 nitrogen and oxygen atoms in total. The fraction of sp³-hybridized carbons (Fsp3) is 0.438. The third-order valence-corrected chi connectivity index (χ3v) is 3.76. The van der Waals surface area contributed by atoms with Crippen molar-refractivity contribution < 1.29 is 0 Å². The molecule has 0 radical (unpaired) electrons. The summed E-state index contributed by atoms with van der Waals surface area (Å²) in [5.41, 5.74) is 3.67. The Morgan fingerprint density at radius 1 is 1.40 bits per heavy atom. The third-order valence-electron chi connectivity index (χ3n) is 3.47. The number of benzene rings is 1. The highest BCUT2D eigenvalue weighted by Crippen LogP contribution is 2.26. The molecule has 0 amide bonds. The lowest BCUT2D eigenvalue weighted by atomic mass is 10.0. The first-order valence-electron chi connectivity index (χ1n) is 7.09. The summed E-state index contributed by atoms with van der Waals surface area (Å²) in [6.45, 7) is 5.16. The zero-order chi connectivity index (χ0) is 14.5. The minimum atomic E-state index is 0.179. The van der Waals surface area contributed by atoms with Crippen LogP contribution in [-0.4, -0.2) is 16.8 Å². The molecule has 0 fully saturated rings. The van der Waals surface area contributed by atoms with Crippen LogP contribution in [0.1, 0.15) is 36.2 Å². The van der Waals surface area contributed by atoms with Gasteiger partial charge in [-0.05, 0) is 32.4 Å². The molecule has 1 heterocycles. The summed E-state index contributed by atoms with van der Waals surface area (Å²) in [7, 11) is 1.97. The fourth-order valence-electron chi connectivity index (χ4n) is 2.52. The number of hydrogen-bond acceptors (Lipinski definition) is 2. The first-order valence-corrected chi connectivity index (χ1v) is 7.47. The van der Waals surface area contributed by atoms with E-state index in [2.05, 4.69) is 48.5 Å². The molecule has 0 saturated heterocycles. The quantitative estimate of drug-likeness (QED) is 0.878. The summed E-state index contributed by atoms with van der Waals surface area (Å²) in [5.74, 6) is 0. The number of nitrogens with zero attached hydrogens (tertiary/aromatic N) is 2. The molecule has 0 aliphatic carbocycles. The van der Waals surface area contributed by atoms with E-state index < -0.39 is 0 Å². The molecule has 0 saturated carbocycles. The van der Waals surface area contributed by atoms with Gasteiger partial charge in [0.05, 0.1) is 23.0 Å². The van der Waals surface area contributed by atoms with Crippen LogP contribution in [0.4, 0.5) is 0 Å². The molecule has 0 aliphatic heterocycles. The summed E-state index contributed by atoms with van der Waals surface area (Å²) < 4.78 is 2.01. The number of likely N-dealkylation sites (N-methyl/N-ethyl adjacent to an activating group) is 1. The Bertz CT molecular complexity index is 563. The van der Waals surface area contributed by atoms with Gasteiger partial charge in [0.2, 0.25) is 0 Å². The number of rotatable bonds is 6. The van der Waals surface area contributed by atoms with Crippen molar-refractivity contribution in [1.29, 1.82) is 0 Å². The van der Waals surface area contributed by atoms with Crippen LogP contribution >= 0.6 is 11.6 Å². The molecule has 108 valence electrons. The van der Waals surface area contributed by atoms with Crippen molar-refractivity contribution in [2.24, 2.45) is 0 Å². The van der Waals surface area contributed by atoms with Crippen LogP contribution in [0, 0.1) is 6.92 Å². The van der Waals surface area contributed by atoms with Gasteiger partial charge in [-0.3, -0.25) is 4.68 Å². The molecular formula is C16H22ClN3. The van der Waals surface area contributed by atoms with E-state index in [-0.39, 0.29) is 6.04 Å². The van der Waals surface area contributed by atoms with E-state index in [1.807, 2.05) is 11.7 Å². The van der Waals surface area contributed by atoms with Crippen LogP contribution in [0.15, 0.2) is 30.5 Å². The van der Waals surface area contributed by atoms with Crippen LogP contribution in [0.2, 0.25) is 5.02 Å². The van der Waals surface area contributed by atoms with E-state index >= 15 is 0 Å². The van der Waals surface area contributed by atoms with Gasteiger partial charge in [-0.15, -0.1) is 0 Å². The molecule has 1 aromatic carbocycles. The van der Waals surface area contributed by atoms with Gasteiger partial charge in [-0.2, -0.15) is 5.10 Å². The molecule has 1 atom stereocenters.